The van der Waals surface area contributed by atoms with E-state index in [1.807, 2.05) is 42.6 Å². The second-order valence-corrected chi connectivity index (χ2v) is 10.9. The van der Waals surface area contributed by atoms with E-state index < -0.39 is 17.6 Å². The minimum atomic E-state index is -1.21. The Morgan fingerprint density at radius 3 is 2.59 bits per heavy atom. The average Bonchev–Trinajstić information content (AvgIpc) is 3.45. The van der Waals surface area contributed by atoms with E-state index >= 15 is 0 Å². The molecular weight excluding hydrogens is 496 g/mol. The van der Waals surface area contributed by atoms with Crippen LogP contribution in [0.25, 0.3) is 10.9 Å². The number of likely N-dealkylation sites (tertiary alicyclic amines) is 1. The number of carbonyl (C=O) groups is 2. The Hall–Kier alpha value is -3.27. The van der Waals surface area contributed by atoms with Gasteiger partial charge in [-0.15, -0.1) is 0 Å². The fourth-order valence-electron chi connectivity index (χ4n) is 5.87. The highest BCUT2D eigenvalue weighted by Gasteiger charge is 2.42. The zero-order valence-corrected chi connectivity index (χ0v) is 22.3. The van der Waals surface area contributed by atoms with E-state index in [1.54, 1.807) is 17.3 Å². The predicted octanol–water partition coefficient (Wildman–Crippen LogP) is 3.13. The van der Waals surface area contributed by atoms with Gasteiger partial charge < -0.3 is 24.8 Å². The van der Waals surface area contributed by atoms with Crippen molar-refractivity contribution in [3.63, 3.8) is 0 Å². The Morgan fingerprint density at radius 2 is 1.79 bits per heavy atom. The topological polar surface area (TPSA) is 119 Å². The first-order valence-electron chi connectivity index (χ1n) is 14.0. The molecule has 1 spiro atoms. The van der Waals surface area contributed by atoms with Crippen LogP contribution in [0, 0.1) is 5.41 Å². The molecule has 2 aliphatic rings. The van der Waals surface area contributed by atoms with Crippen LogP contribution in [0.4, 0.5) is 0 Å². The maximum Gasteiger partial charge on any atom is 0.312 e. The van der Waals surface area contributed by atoms with E-state index in [0.717, 1.165) is 43.4 Å². The van der Waals surface area contributed by atoms with Crippen molar-refractivity contribution in [2.75, 3.05) is 32.8 Å². The van der Waals surface area contributed by atoms with Crippen molar-refractivity contribution < 1.29 is 24.5 Å². The molecule has 0 saturated carbocycles. The summed E-state index contributed by atoms with van der Waals surface area (Å²) in [6.07, 6.45) is 6.83. The number of piperidine rings is 1. The molecule has 2 atom stereocenters. The molecule has 2 aromatic heterocycles. The summed E-state index contributed by atoms with van der Waals surface area (Å²) >= 11 is 0. The molecule has 1 aromatic carbocycles. The largest absolute Gasteiger partial charge is 0.462 e. The van der Waals surface area contributed by atoms with Gasteiger partial charge in [-0.2, -0.15) is 0 Å². The standard InChI is InChI=1S/C30H38N4O5/c35-26-9-17-34(28(37)24-4-3-5-25-23(24)8-15-32-25)16-2-1-10-30(29(38)39-21-27(26)36)11-18-33(19-12-30)20-22-6-13-31-14-7-22/h3-8,13-15,26-27,32,35-36H,1-2,9-12,16-21H2/t26-,27+/m0/s1. The summed E-state index contributed by atoms with van der Waals surface area (Å²) in [6.45, 7) is 2.92. The van der Waals surface area contributed by atoms with E-state index in [2.05, 4.69) is 14.9 Å². The number of pyridine rings is 1. The third-order valence-corrected chi connectivity index (χ3v) is 8.37. The lowest BCUT2D eigenvalue weighted by atomic mass is 9.74. The van der Waals surface area contributed by atoms with Crippen LogP contribution < -0.4 is 0 Å². The first-order valence-corrected chi connectivity index (χ1v) is 14.0. The van der Waals surface area contributed by atoms with E-state index in [1.165, 1.54) is 5.56 Å². The molecule has 208 valence electrons. The van der Waals surface area contributed by atoms with Gasteiger partial charge in [0.1, 0.15) is 12.7 Å². The average molecular weight is 535 g/mol. The van der Waals surface area contributed by atoms with Crippen LogP contribution in [-0.2, 0) is 16.1 Å². The number of esters is 1. The lowest BCUT2D eigenvalue weighted by Gasteiger charge is -2.40. The molecule has 2 fully saturated rings. The number of aliphatic hydroxyl groups excluding tert-OH is 2. The number of ether oxygens (including phenoxy) is 1. The van der Waals surface area contributed by atoms with Crippen LogP contribution in [0.3, 0.4) is 0 Å². The van der Waals surface area contributed by atoms with Crippen molar-refractivity contribution in [2.45, 2.75) is 57.3 Å². The van der Waals surface area contributed by atoms with Crippen molar-refractivity contribution >= 4 is 22.8 Å². The zero-order valence-electron chi connectivity index (χ0n) is 22.3. The molecule has 2 aliphatic heterocycles. The molecule has 0 aliphatic carbocycles. The quantitative estimate of drug-likeness (QED) is 0.442. The number of nitrogens with one attached hydrogen (secondary N) is 1. The third kappa shape index (κ3) is 6.32. The monoisotopic (exact) mass is 534 g/mol. The Labute approximate surface area is 228 Å². The number of carbonyl (C=O) groups excluding carboxylic acids is 2. The normalized spacial score (nSPS) is 23.5. The van der Waals surface area contributed by atoms with Gasteiger partial charge in [0.15, 0.2) is 0 Å². The molecule has 3 N–H and O–H groups in total. The summed E-state index contributed by atoms with van der Waals surface area (Å²) in [6, 6.07) is 11.5. The van der Waals surface area contributed by atoms with Gasteiger partial charge in [-0.05, 0) is 81.1 Å². The second-order valence-electron chi connectivity index (χ2n) is 10.9. The third-order valence-electron chi connectivity index (χ3n) is 8.37. The van der Waals surface area contributed by atoms with Gasteiger partial charge in [-0.3, -0.25) is 19.5 Å². The zero-order chi connectivity index (χ0) is 27.2. The number of aliphatic hydroxyl groups is 2. The molecule has 5 rings (SSSR count). The number of aromatic amines is 1. The van der Waals surface area contributed by atoms with Crippen LogP contribution in [-0.4, -0.2) is 86.9 Å². The Balaban J connectivity index is 1.28. The van der Waals surface area contributed by atoms with Gasteiger partial charge in [0.2, 0.25) is 0 Å². The van der Waals surface area contributed by atoms with Crippen molar-refractivity contribution in [3.05, 3.63) is 66.1 Å². The Kier molecular flexibility index (Phi) is 8.60. The van der Waals surface area contributed by atoms with Gasteiger partial charge in [-0.1, -0.05) is 12.5 Å². The minimum Gasteiger partial charge on any atom is -0.462 e. The highest BCUT2D eigenvalue weighted by atomic mass is 16.5. The first kappa shape index (κ1) is 27.3. The predicted molar refractivity (Wildman–Crippen MR) is 147 cm³/mol. The molecule has 0 bridgehead atoms. The summed E-state index contributed by atoms with van der Waals surface area (Å²) in [7, 11) is 0. The molecule has 0 unspecified atom stereocenters. The van der Waals surface area contributed by atoms with Crippen LogP contribution >= 0.6 is 0 Å². The summed E-state index contributed by atoms with van der Waals surface area (Å²) < 4.78 is 5.61. The van der Waals surface area contributed by atoms with E-state index in [0.29, 0.717) is 37.9 Å². The molecule has 2 saturated heterocycles. The second kappa shape index (κ2) is 12.3. The lowest BCUT2D eigenvalue weighted by molar-refractivity contribution is -0.165. The summed E-state index contributed by atoms with van der Waals surface area (Å²) in [5.74, 6) is -0.383. The SMILES string of the molecule is O=C(c1cccc2[nH]ccc12)N1CCCCC2(CCN(Cc3ccncc3)CC2)C(=O)OC[C@@H](O)[C@@H](O)CC1. The number of cyclic esters (lactones) is 1. The van der Waals surface area contributed by atoms with E-state index in [4.69, 9.17) is 4.74 Å². The number of aromatic nitrogens is 2. The summed E-state index contributed by atoms with van der Waals surface area (Å²) in [5, 5.41) is 22.0. The molecule has 9 heteroatoms. The molecule has 39 heavy (non-hydrogen) atoms. The van der Waals surface area contributed by atoms with Crippen molar-refractivity contribution in [1.29, 1.82) is 0 Å². The maximum atomic E-state index is 13.6. The van der Waals surface area contributed by atoms with Gasteiger partial charge in [0.25, 0.3) is 5.91 Å². The molecule has 0 radical (unpaired) electrons. The van der Waals surface area contributed by atoms with Gasteiger partial charge in [0, 0.05) is 54.7 Å². The van der Waals surface area contributed by atoms with Gasteiger partial charge >= 0.3 is 5.97 Å². The van der Waals surface area contributed by atoms with Gasteiger partial charge in [-0.25, -0.2) is 0 Å². The number of amides is 1. The maximum absolute atomic E-state index is 13.6. The number of fused-ring (bicyclic) bond motifs is 1. The number of hydrogen-bond acceptors (Lipinski definition) is 7. The lowest BCUT2D eigenvalue weighted by Crippen LogP contribution is -2.45. The number of nitrogens with zero attached hydrogens (tertiary/aromatic N) is 3. The Morgan fingerprint density at radius 1 is 1.00 bits per heavy atom. The highest BCUT2D eigenvalue weighted by molar-refractivity contribution is 6.06. The molecule has 1 amide bonds. The summed E-state index contributed by atoms with van der Waals surface area (Å²) in [5.41, 5.74) is 2.08. The fourth-order valence-corrected chi connectivity index (χ4v) is 5.87. The number of rotatable bonds is 3. The van der Waals surface area contributed by atoms with Crippen molar-refractivity contribution in [1.82, 2.24) is 19.8 Å². The van der Waals surface area contributed by atoms with Crippen LogP contribution in [0.2, 0.25) is 0 Å². The molecule has 3 aromatic rings. The molecular formula is C30H38N4O5. The number of benzene rings is 1. The summed E-state index contributed by atoms with van der Waals surface area (Å²) in [4.78, 5) is 38.3. The highest BCUT2D eigenvalue weighted by Crippen LogP contribution is 2.39. The fraction of sp³-hybridized carbons (Fsp3) is 0.500. The van der Waals surface area contributed by atoms with Crippen LogP contribution in [0.1, 0.15) is 54.4 Å². The van der Waals surface area contributed by atoms with Crippen molar-refractivity contribution in [2.24, 2.45) is 5.41 Å². The number of H-pyrrole nitrogens is 1. The Bertz CT molecular complexity index is 1250. The smallest absolute Gasteiger partial charge is 0.312 e. The van der Waals surface area contributed by atoms with Gasteiger partial charge in [0.05, 0.1) is 11.5 Å². The van der Waals surface area contributed by atoms with E-state index in [-0.39, 0.29) is 24.9 Å². The van der Waals surface area contributed by atoms with Crippen LogP contribution in [0.15, 0.2) is 55.0 Å². The van der Waals surface area contributed by atoms with E-state index in [9.17, 15) is 19.8 Å². The number of hydrogen-bond donors (Lipinski definition) is 3. The van der Waals surface area contributed by atoms with Crippen LogP contribution in [0.5, 0.6) is 0 Å². The first-order chi connectivity index (χ1) is 18.9. The van der Waals surface area contributed by atoms with Crippen molar-refractivity contribution in [3.8, 4) is 0 Å². The molecule has 4 heterocycles. The molecule has 9 nitrogen and oxygen atoms in total. The minimum absolute atomic E-state index is 0.0942.